The van der Waals surface area contributed by atoms with E-state index < -0.39 is 10.0 Å². The molecule has 7 nitrogen and oxygen atoms in total. The number of sulfonamides is 1. The molecule has 0 saturated carbocycles. The number of fused-ring (bicyclic) bond motifs is 1. The first kappa shape index (κ1) is 23.6. The Balaban J connectivity index is 1.50. The highest BCUT2D eigenvalue weighted by Crippen LogP contribution is 2.34. The van der Waals surface area contributed by atoms with Crippen molar-refractivity contribution in [3.63, 3.8) is 0 Å². The maximum absolute atomic E-state index is 13.2. The van der Waals surface area contributed by atoms with Gasteiger partial charge in [0.2, 0.25) is 10.0 Å². The molecule has 178 valence electrons. The second kappa shape index (κ2) is 9.73. The molecule has 2 aliphatic rings. The highest BCUT2D eigenvalue weighted by atomic mass is 32.2. The number of nitrogens with zero attached hydrogens (tertiary/aromatic N) is 2. The summed E-state index contributed by atoms with van der Waals surface area (Å²) in [5, 5.41) is 0. The minimum absolute atomic E-state index is 0.156. The number of ether oxygens (including phenoxy) is 2. The van der Waals surface area contributed by atoms with Crippen molar-refractivity contribution in [2.75, 3.05) is 32.8 Å². The molecule has 4 rings (SSSR count). The van der Waals surface area contributed by atoms with Crippen molar-refractivity contribution >= 4 is 15.9 Å². The lowest BCUT2D eigenvalue weighted by atomic mass is 9.94. The summed E-state index contributed by atoms with van der Waals surface area (Å²) in [5.74, 6) is 1.89. The number of para-hydroxylation sites is 1. The van der Waals surface area contributed by atoms with E-state index in [2.05, 4.69) is 13.8 Å². The average Bonchev–Trinajstić information content (AvgIpc) is 2.81. The van der Waals surface area contributed by atoms with Gasteiger partial charge in [-0.2, -0.15) is 4.31 Å². The fourth-order valence-corrected chi connectivity index (χ4v) is 6.37. The van der Waals surface area contributed by atoms with Gasteiger partial charge >= 0.3 is 0 Å². The Morgan fingerprint density at radius 1 is 1.03 bits per heavy atom. The summed E-state index contributed by atoms with van der Waals surface area (Å²) in [6, 6.07) is 12.0. The normalized spacial score (nSPS) is 20.9. The second-order valence-corrected chi connectivity index (χ2v) is 11.0. The third-order valence-electron chi connectivity index (χ3n) is 6.25. The van der Waals surface area contributed by atoms with Gasteiger partial charge < -0.3 is 14.4 Å². The maximum Gasteiger partial charge on any atom is 0.254 e. The van der Waals surface area contributed by atoms with Gasteiger partial charge in [0.25, 0.3) is 5.91 Å². The molecule has 0 spiro atoms. The largest absolute Gasteiger partial charge is 0.486 e. The molecule has 33 heavy (non-hydrogen) atoms. The summed E-state index contributed by atoms with van der Waals surface area (Å²) in [4.78, 5) is 15.1. The molecule has 2 atom stereocenters. The molecule has 0 radical (unpaired) electrons. The van der Waals surface area contributed by atoms with E-state index in [1.807, 2.05) is 25.1 Å². The molecule has 2 unspecified atom stereocenters. The van der Waals surface area contributed by atoms with Gasteiger partial charge in [-0.3, -0.25) is 4.79 Å². The van der Waals surface area contributed by atoms with Crippen molar-refractivity contribution in [1.82, 2.24) is 9.21 Å². The molecular weight excluding hydrogens is 440 g/mol. The van der Waals surface area contributed by atoms with Crippen LogP contribution in [0.1, 0.15) is 43.1 Å². The molecule has 0 N–H and O–H groups in total. The number of hydrogen-bond acceptors (Lipinski definition) is 5. The summed E-state index contributed by atoms with van der Waals surface area (Å²) in [7, 11) is -3.58. The molecular formula is C25H32N2O5S. The molecule has 2 heterocycles. The van der Waals surface area contributed by atoms with Gasteiger partial charge in [-0.05, 0) is 55.5 Å². The lowest BCUT2D eigenvalue weighted by Gasteiger charge is -2.34. The van der Waals surface area contributed by atoms with Gasteiger partial charge in [-0.15, -0.1) is 0 Å². The predicted molar refractivity (Wildman–Crippen MR) is 126 cm³/mol. The zero-order valence-electron chi connectivity index (χ0n) is 19.5. The van der Waals surface area contributed by atoms with Crippen molar-refractivity contribution in [2.45, 2.75) is 38.6 Å². The zero-order chi connectivity index (χ0) is 23.6. The first-order valence-electron chi connectivity index (χ1n) is 11.6. The minimum atomic E-state index is -3.58. The van der Waals surface area contributed by atoms with Crippen LogP contribution in [0.4, 0.5) is 0 Å². The fourth-order valence-electron chi connectivity index (χ4n) is 4.69. The lowest BCUT2D eigenvalue weighted by Crippen LogP contribution is -2.42. The minimum Gasteiger partial charge on any atom is -0.486 e. The van der Waals surface area contributed by atoms with Crippen LogP contribution >= 0.6 is 0 Å². The highest BCUT2D eigenvalue weighted by molar-refractivity contribution is 7.89. The third-order valence-corrected chi connectivity index (χ3v) is 8.10. The SMILES string of the molecule is CCN(Cc1cccc2c1OCCO2)C(=O)c1ccc(S(=O)(=O)N2CC(C)CC(C)C2)cc1. The van der Waals surface area contributed by atoms with Crippen LogP contribution < -0.4 is 9.47 Å². The van der Waals surface area contributed by atoms with Gasteiger partial charge in [0.1, 0.15) is 13.2 Å². The van der Waals surface area contributed by atoms with E-state index in [1.165, 1.54) is 0 Å². The molecule has 1 amide bonds. The summed E-state index contributed by atoms with van der Waals surface area (Å²) < 4.78 is 39.3. The Morgan fingerprint density at radius 2 is 1.70 bits per heavy atom. The summed E-state index contributed by atoms with van der Waals surface area (Å²) in [5.41, 5.74) is 1.34. The molecule has 2 aromatic rings. The van der Waals surface area contributed by atoms with Crippen molar-refractivity contribution in [1.29, 1.82) is 0 Å². The number of benzene rings is 2. The predicted octanol–water partition coefficient (Wildman–Crippen LogP) is 3.79. The van der Waals surface area contributed by atoms with Gasteiger partial charge in [0.15, 0.2) is 11.5 Å². The van der Waals surface area contributed by atoms with Crippen LogP contribution in [0.2, 0.25) is 0 Å². The lowest BCUT2D eigenvalue weighted by molar-refractivity contribution is 0.0749. The van der Waals surface area contributed by atoms with Crippen molar-refractivity contribution < 1.29 is 22.7 Å². The van der Waals surface area contributed by atoms with E-state index in [-0.39, 0.29) is 10.8 Å². The Kier molecular flexibility index (Phi) is 6.95. The molecule has 0 aliphatic carbocycles. The summed E-state index contributed by atoms with van der Waals surface area (Å²) in [6.45, 7) is 9.03. The summed E-state index contributed by atoms with van der Waals surface area (Å²) in [6.07, 6.45) is 1.04. The third kappa shape index (κ3) is 5.01. The molecule has 0 bridgehead atoms. The Morgan fingerprint density at radius 3 is 2.36 bits per heavy atom. The number of rotatable bonds is 6. The molecule has 0 aromatic heterocycles. The number of amides is 1. The molecule has 2 aliphatic heterocycles. The number of carbonyl (C=O) groups is 1. The van der Waals surface area contributed by atoms with Crippen molar-refractivity contribution in [3.8, 4) is 11.5 Å². The molecule has 1 saturated heterocycles. The van der Waals surface area contributed by atoms with Gasteiger partial charge in [-0.25, -0.2) is 8.42 Å². The van der Waals surface area contributed by atoms with Gasteiger partial charge in [-0.1, -0.05) is 26.0 Å². The Bertz CT molecular complexity index is 1090. The smallest absolute Gasteiger partial charge is 0.254 e. The molecule has 8 heteroatoms. The molecule has 2 aromatic carbocycles. The number of carbonyl (C=O) groups excluding carboxylic acids is 1. The van der Waals surface area contributed by atoms with Crippen LogP contribution in [0.3, 0.4) is 0 Å². The summed E-state index contributed by atoms with van der Waals surface area (Å²) >= 11 is 0. The van der Waals surface area contributed by atoms with Gasteiger partial charge in [0.05, 0.1) is 4.90 Å². The maximum atomic E-state index is 13.2. The van der Waals surface area contributed by atoms with Crippen LogP contribution in [-0.4, -0.2) is 56.4 Å². The van der Waals surface area contributed by atoms with E-state index in [4.69, 9.17) is 9.47 Å². The van der Waals surface area contributed by atoms with Crippen LogP contribution in [-0.2, 0) is 16.6 Å². The van der Waals surface area contributed by atoms with Crippen molar-refractivity contribution in [3.05, 3.63) is 53.6 Å². The standard InChI is InChI=1S/C25H32N2O5S/c1-4-26(17-21-6-5-7-23-24(21)32-13-12-31-23)25(28)20-8-10-22(11-9-20)33(29,30)27-15-18(2)14-19(3)16-27/h5-11,18-19H,4,12-17H2,1-3H3. The Labute approximate surface area is 196 Å². The average molecular weight is 473 g/mol. The van der Waals surface area contributed by atoms with E-state index in [0.29, 0.717) is 68.3 Å². The fraction of sp³-hybridized carbons (Fsp3) is 0.480. The quantitative estimate of drug-likeness (QED) is 0.639. The first-order valence-corrected chi connectivity index (χ1v) is 13.0. The van der Waals surface area contributed by atoms with E-state index >= 15 is 0 Å². The first-order chi connectivity index (χ1) is 15.8. The van der Waals surface area contributed by atoms with Crippen LogP contribution in [0.15, 0.2) is 47.4 Å². The topological polar surface area (TPSA) is 76.1 Å². The van der Waals surface area contributed by atoms with Crippen LogP contribution in [0.25, 0.3) is 0 Å². The van der Waals surface area contributed by atoms with E-state index in [9.17, 15) is 13.2 Å². The van der Waals surface area contributed by atoms with E-state index in [1.54, 1.807) is 33.5 Å². The second-order valence-electron chi connectivity index (χ2n) is 9.05. The monoisotopic (exact) mass is 472 g/mol. The highest BCUT2D eigenvalue weighted by Gasteiger charge is 2.32. The Hall–Kier alpha value is -2.58. The van der Waals surface area contributed by atoms with E-state index in [0.717, 1.165) is 12.0 Å². The number of hydrogen-bond donors (Lipinski definition) is 0. The molecule has 1 fully saturated rings. The van der Waals surface area contributed by atoms with Crippen LogP contribution in [0.5, 0.6) is 11.5 Å². The van der Waals surface area contributed by atoms with Crippen LogP contribution in [0, 0.1) is 11.8 Å². The van der Waals surface area contributed by atoms with Crippen molar-refractivity contribution in [2.24, 2.45) is 11.8 Å². The number of piperidine rings is 1. The zero-order valence-corrected chi connectivity index (χ0v) is 20.3. The van der Waals surface area contributed by atoms with Gasteiger partial charge in [0, 0.05) is 37.3 Å².